The molecule has 0 bridgehead atoms. The van der Waals surface area contributed by atoms with E-state index >= 15 is 0 Å². The summed E-state index contributed by atoms with van der Waals surface area (Å²) in [4.78, 5) is 0. The van der Waals surface area contributed by atoms with Crippen LogP contribution >= 0.6 is 11.6 Å². The normalized spacial score (nSPS) is 11.3. The van der Waals surface area contributed by atoms with Gasteiger partial charge >= 0.3 is 0 Å². The SMILES string of the molecule is Cc1cc(CNCC(C)C)c(C)n1-c1ccccc1Cl. The molecule has 108 valence electrons. The Balaban J connectivity index is 2.28. The van der Waals surface area contributed by atoms with Crippen LogP contribution in [-0.2, 0) is 6.54 Å². The number of nitrogens with zero attached hydrogens (tertiary/aromatic N) is 1. The first-order chi connectivity index (χ1) is 9.50. The topological polar surface area (TPSA) is 17.0 Å². The highest BCUT2D eigenvalue weighted by molar-refractivity contribution is 6.32. The number of nitrogens with one attached hydrogen (secondary N) is 1. The summed E-state index contributed by atoms with van der Waals surface area (Å²) in [6.07, 6.45) is 0. The molecule has 3 heteroatoms. The van der Waals surface area contributed by atoms with E-state index in [1.165, 1.54) is 17.0 Å². The second-order valence-corrected chi connectivity index (χ2v) is 6.12. The van der Waals surface area contributed by atoms with Gasteiger partial charge in [0, 0.05) is 17.9 Å². The van der Waals surface area contributed by atoms with E-state index < -0.39 is 0 Å². The molecule has 0 saturated carbocycles. The Morgan fingerprint density at radius 1 is 1.20 bits per heavy atom. The molecule has 0 aliphatic heterocycles. The molecule has 1 aromatic heterocycles. The lowest BCUT2D eigenvalue weighted by atomic mass is 10.2. The molecule has 0 spiro atoms. The molecule has 0 aliphatic carbocycles. The lowest BCUT2D eigenvalue weighted by Crippen LogP contribution is -2.19. The fourth-order valence-corrected chi connectivity index (χ4v) is 2.73. The molecular formula is C17H23ClN2. The van der Waals surface area contributed by atoms with Crippen LogP contribution in [0.15, 0.2) is 30.3 Å². The van der Waals surface area contributed by atoms with Gasteiger partial charge in [-0.05, 0) is 50.1 Å². The minimum Gasteiger partial charge on any atom is -0.317 e. The van der Waals surface area contributed by atoms with Crippen LogP contribution in [-0.4, -0.2) is 11.1 Å². The third-order valence-corrected chi connectivity index (χ3v) is 3.82. The highest BCUT2D eigenvalue weighted by Crippen LogP contribution is 2.26. The fourth-order valence-electron chi connectivity index (χ4n) is 2.51. The summed E-state index contributed by atoms with van der Waals surface area (Å²) < 4.78 is 2.23. The lowest BCUT2D eigenvalue weighted by Gasteiger charge is -2.12. The number of halogens is 1. The van der Waals surface area contributed by atoms with Crippen LogP contribution < -0.4 is 5.32 Å². The molecule has 1 aromatic carbocycles. The Bertz CT molecular complexity index is 585. The molecule has 20 heavy (non-hydrogen) atoms. The molecular weight excluding hydrogens is 268 g/mol. The van der Waals surface area contributed by atoms with Crippen LogP contribution in [0.4, 0.5) is 0 Å². The van der Waals surface area contributed by atoms with E-state index in [4.69, 9.17) is 11.6 Å². The van der Waals surface area contributed by atoms with Crippen molar-refractivity contribution in [3.8, 4) is 5.69 Å². The van der Waals surface area contributed by atoms with Crippen molar-refractivity contribution in [2.24, 2.45) is 5.92 Å². The third-order valence-electron chi connectivity index (χ3n) is 3.50. The summed E-state index contributed by atoms with van der Waals surface area (Å²) in [7, 11) is 0. The van der Waals surface area contributed by atoms with Gasteiger partial charge in [-0.3, -0.25) is 0 Å². The summed E-state index contributed by atoms with van der Waals surface area (Å²) in [6.45, 7) is 10.7. The van der Waals surface area contributed by atoms with Gasteiger partial charge < -0.3 is 9.88 Å². The summed E-state index contributed by atoms with van der Waals surface area (Å²) in [5.41, 5.74) is 4.87. The van der Waals surface area contributed by atoms with Crippen LogP contribution in [0.2, 0.25) is 5.02 Å². The standard InChI is InChI=1S/C17H23ClN2/c1-12(2)10-19-11-15-9-13(3)20(14(15)4)17-8-6-5-7-16(17)18/h5-9,12,19H,10-11H2,1-4H3. The number of para-hydroxylation sites is 1. The predicted octanol–water partition coefficient (Wildman–Crippen LogP) is 4.49. The zero-order valence-corrected chi connectivity index (χ0v) is 13.5. The largest absolute Gasteiger partial charge is 0.317 e. The van der Waals surface area contributed by atoms with Crippen molar-refractivity contribution in [2.75, 3.05) is 6.54 Å². The maximum Gasteiger partial charge on any atom is 0.0646 e. The van der Waals surface area contributed by atoms with Gasteiger partial charge in [-0.2, -0.15) is 0 Å². The van der Waals surface area contributed by atoms with Crippen molar-refractivity contribution in [1.29, 1.82) is 0 Å². The Kier molecular flexibility index (Phi) is 4.90. The molecule has 2 aromatic rings. The smallest absolute Gasteiger partial charge is 0.0646 e. The second-order valence-electron chi connectivity index (χ2n) is 5.71. The number of aromatic nitrogens is 1. The zero-order chi connectivity index (χ0) is 14.7. The maximum absolute atomic E-state index is 6.32. The first-order valence-electron chi connectivity index (χ1n) is 7.14. The first-order valence-corrected chi connectivity index (χ1v) is 7.52. The quantitative estimate of drug-likeness (QED) is 0.858. The predicted molar refractivity (Wildman–Crippen MR) is 86.8 cm³/mol. The Morgan fingerprint density at radius 2 is 1.90 bits per heavy atom. The van der Waals surface area contributed by atoms with E-state index in [0.29, 0.717) is 5.92 Å². The number of hydrogen-bond acceptors (Lipinski definition) is 1. The molecule has 1 heterocycles. The van der Waals surface area contributed by atoms with Crippen LogP contribution in [0.1, 0.15) is 30.8 Å². The Labute approximate surface area is 126 Å². The minimum atomic E-state index is 0.669. The van der Waals surface area contributed by atoms with Gasteiger partial charge in [-0.25, -0.2) is 0 Å². The molecule has 0 atom stereocenters. The van der Waals surface area contributed by atoms with Gasteiger partial charge in [0.25, 0.3) is 0 Å². The Hall–Kier alpha value is -1.25. The molecule has 2 rings (SSSR count). The number of rotatable bonds is 5. The number of aryl methyl sites for hydroxylation is 1. The van der Waals surface area contributed by atoms with Crippen LogP contribution in [0.3, 0.4) is 0 Å². The molecule has 0 radical (unpaired) electrons. The van der Waals surface area contributed by atoms with Crippen molar-refractivity contribution >= 4 is 11.6 Å². The van der Waals surface area contributed by atoms with E-state index in [0.717, 1.165) is 23.8 Å². The summed E-state index contributed by atoms with van der Waals surface area (Å²) in [6, 6.07) is 10.2. The maximum atomic E-state index is 6.32. The lowest BCUT2D eigenvalue weighted by molar-refractivity contribution is 0.551. The van der Waals surface area contributed by atoms with Crippen molar-refractivity contribution in [1.82, 2.24) is 9.88 Å². The molecule has 0 unspecified atom stereocenters. The molecule has 0 saturated heterocycles. The molecule has 1 N–H and O–H groups in total. The van der Waals surface area contributed by atoms with Crippen molar-refractivity contribution in [3.63, 3.8) is 0 Å². The number of benzene rings is 1. The van der Waals surface area contributed by atoms with Crippen LogP contribution in [0.25, 0.3) is 5.69 Å². The monoisotopic (exact) mass is 290 g/mol. The average molecular weight is 291 g/mol. The highest BCUT2D eigenvalue weighted by Gasteiger charge is 2.12. The van der Waals surface area contributed by atoms with E-state index in [-0.39, 0.29) is 0 Å². The van der Waals surface area contributed by atoms with E-state index in [1.807, 2.05) is 18.2 Å². The van der Waals surface area contributed by atoms with Crippen LogP contribution in [0, 0.1) is 19.8 Å². The van der Waals surface area contributed by atoms with Gasteiger partial charge in [0.05, 0.1) is 10.7 Å². The summed E-state index contributed by atoms with van der Waals surface area (Å²) in [5, 5.41) is 4.29. The van der Waals surface area contributed by atoms with Gasteiger partial charge in [-0.1, -0.05) is 37.6 Å². The highest BCUT2D eigenvalue weighted by atomic mass is 35.5. The van der Waals surface area contributed by atoms with Gasteiger partial charge in [-0.15, -0.1) is 0 Å². The average Bonchev–Trinajstić information content (AvgIpc) is 2.65. The van der Waals surface area contributed by atoms with Gasteiger partial charge in [0.1, 0.15) is 0 Å². The zero-order valence-electron chi connectivity index (χ0n) is 12.7. The van der Waals surface area contributed by atoms with Crippen molar-refractivity contribution in [2.45, 2.75) is 34.2 Å². The summed E-state index contributed by atoms with van der Waals surface area (Å²) in [5.74, 6) is 0.669. The van der Waals surface area contributed by atoms with E-state index in [9.17, 15) is 0 Å². The van der Waals surface area contributed by atoms with E-state index in [2.05, 4.69) is 49.7 Å². The van der Waals surface area contributed by atoms with Gasteiger partial charge in [0.15, 0.2) is 0 Å². The summed E-state index contributed by atoms with van der Waals surface area (Å²) >= 11 is 6.32. The Morgan fingerprint density at radius 3 is 2.55 bits per heavy atom. The second kappa shape index (κ2) is 6.47. The number of hydrogen-bond donors (Lipinski definition) is 1. The molecule has 0 amide bonds. The van der Waals surface area contributed by atoms with Gasteiger partial charge in [0.2, 0.25) is 0 Å². The molecule has 0 aliphatic rings. The van der Waals surface area contributed by atoms with Crippen molar-refractivity contribution < 1.29 is 0 Å². The van der Waals surface area contributed by atoms with Crippen LogP contribution in [0.5, 0.6) is 0 Å². The first kappa shape index (κ1) is 15.1. The third kappa shape index (κ3) is 3.25. The van der Waals surface area contributed by atoms with Crippen molar-refractivity contribution in [3.05, 3.63) is 52.3 Å². The fraction of sp³-hybridized carbons (Fsp3) is 0.412. The minimum absolute atomic E-state index is 0.669. The molecule has 2 nitrogen and oxygen atoms in total. The molecule has 0 fully saturated rings. The van der Waals surface area contributed by atoms with E-state index in [1.54, 1.807) is 0 Å².